The van der Waals surface area contributed by atoms with Gasteiger partial charge in [0.15, 0.2) is 0 Å². The predicted molar refractivity (Wildman–Crippen MR) is 109 cm³/mol. The molecule has 1 aromatic carbocycles. The van der Waals surface area contributed by atoms with Gasteiger partial charge in [0.25, 0.3) is 5.91 Å². The van der Waals surface area contributed by atoms with Gasteiger partial charge in [-0.15, -0.1) is 0 Å². The number of amides is 1. The Labute approximate surface area is 167 Å². The Hall–Kier alpha value is -2.24. The monoisotopic (exact) mass is 379 g/mol. The number of nitrogens with zero attached hydrogens (tertiary/aromatic N) is 3. The van der Waals surface area contributed by atoms with Crippen LogP contribution in [0, 0.1) is 19.8 Å². The third-order valence-corrected chi connectivity index (χ3v) is 6.03. The Morgan fingerprint density at radius 2 is 2.14 bits per heavy atom. The summed E-state index contributed by atoms with van der Waals surface area (Å²) in [4.78, 5) is 21.9. The van der Waals surface area contributed by atoms with Crippen LogP contribution in [-0.4, -0.2) is 59.6 Å². The van der Waals surface area contributed by atoms with Crippen LogP contribution in [-0.2, 0) is 11.3 Å². The summed E-state index contributed by atoms with van der Waals surface area (Å²) >= 11 is 0. The Morgan fingerprint density at radius 1 is 1.25 bits per heavy atom. The fourth-order valence-electron chi connectivity index (χ4n) is 4.58. The van der Waals surface area contributed by atoms with Crippen molar-refractivity contribution in [1.82, 2.24) is 14.8 Å². The van der Waals surface area contributed by atoms with E-state index < -0.39 is 0 Å². The highest BCUT2D eigenvalue weighted by Gasteiger charge is 2.37. The van der Waals surface area contributed by atoms with Crippen molar-refractivity contribution in [2.24, 2.45) is 5.92 Å². The van der Waals surface area contributed by atoms with Crippen LogP contribution in [0.3, 0.4) is 0 Å². The van der Waals surface area contributed by atoms with E-state index in [2.05, 4.69) is 28.9 Å². The molecular formula is C23H29N3O2. The quantitative estimate of drug-likeness (QED) is 0.822. The first-order valence-electron chi connectivity index (χ1n) is 10.2. The van der Waals surface area contributed by atoms with Gasteiger partial charge in [-0.3, -0.25) is 14.7 Å². The topological polar surface area (TPSA) is 45.7 Å². The lowest BCUT2D eigenvalue weighted by Gasteiger charge is -2.42. The number of piperidine rings is 1. The average Bonchev–Trinajstić information content (AvgIpc) is 2.90. The Kier molecular flexibility index (Phi) is 5.74. The Balaban J connectivity index is 1.47. The second kappa shape index (κ2) is 8.41. The van der Waals surface area contributed by atoms with Crippen molar-refractivity contribution in [3.63, 3.8) is 0 Å². The molecule has 2 atom stereocenters. The van der Waals surface area contributed by atoms with Crippen molar-refractivity contribution in [2.75, 3.05) is 32.8 Å². The lowest BCUT2D eigenvalue weighted by Crippen LogP contribution is -2.52. The van der Waals surface area contributed by atoms with E-state index in [1.165, 1.54) is 11.1 Å². The summed E-state index contributed by atoms with van der Waals surface area (Å²) in [5, 5.41) is 0. The number of hydrogen-bond donors (Lipinski definition) is 0. The molecule has 2 saturated heterocycles. The summed E-state index contributed by atoms with van der Waals surface area (Å²) in [5.74, 6) is 0.502. The van der Waals surface area contributed by atoms with E-state index in [0.29, 0.717) is 12.0 Å². The molecule has 2 fully saturated rings. The summed E-state index contributed by atoms with van der Waals surface area (Å²) in [6.07, 6.45) is 4.75. The largest absolute Gasteiger partial charge is 0.380 e. The number of likely N-dealkylation sites (tertiary alicyclic amines) is 1. The molecule has 148 valence electrons. The molecule has 0 saturated carbocycles. The first-order valence-corrected chi connectivity index (χ1v) is 10.2. The third kappa shape index (κ3) is 4.10. The van der Waals surface area contributed by atoms with Gasteiger partial charge in [0.2, 0.25) is 0 Å². The number of carbonyl (C=O) groups is 1. The zero-order valence-electron chi connectivity index (χ0n) is 16.8. The predicted octanol–water partition coefficient (Wildman–Crippen LogP) is 3.06. The molecule has 0 radical (unpaired) electrons. The number of aromatic nitrogens is 1. The fraction of sp³-hybridized carbons (Fsp3) is 0.478. The van der Waals surface area contributed by atoms with Crippen LogP contribution in [0.25, 0.3) is 0 Å². The van der Waals surface area contributed by atoms with Gasteiger partial charge in [-0.05, 0) is 43.5 Å². The number of rotatable bonds is 3. The number of pyridine rings is 1. The maximum Gasteiger partial charge on any atom is 0.254 e. The van der Waals surface area contributed by atoms with Gasteiger partial charge in [-0.1, -0.05) is 23.8 Å². The lowest BCUT2D eigenvalue weighted by atomic mass is 9.90. The summed E-state index contributed by atoms with van der Waals surface area (Å²) in [7, 11) is 0. The van der Waals surface area contributed by atoms with Crippen LogP contribution < -0.4 is 0 Å². The number of hydrogen-bond acceptors (Lipinski definition) is 4. The zero-order valence-corrected chi connectivity index (χ0v) is 16.8. The van der Waals surface area contributed by atoms with Crippen molar-refractivity contribution in [3.8, 4) is 0 Å². The normalized spacial score (nSPS) is 23.1. The lowest BCUT2D eigenvalue weighted by molar-refractivity contribution is 0.0369. The molecule has 5 heteroatoms. The molecule has 2 aromatic rings. The molecule has 0 aliphatic carbocycles. The highest BCUT2D eigenvalue weighted by atomic mass is 16.5. The number of benzene rings is 1. The molecule has 0 spiro atoms. The average molecular weight is 380 g/mol. The second-order valence-electron chi connectivity index (χ2n) is 8.09. The number of aryl methyl sites for hydroxylation is 2. The van der Waals surface area contributed by atoms with Gasteiger partial charge < -0.3 is 9.64 Å². The third-order valence-electron chi connectivity index (χ3n) is 6.03. The summed E-state index contributed by atoms with van der Waals surface area (Å²) in [6, 6.07) is 10.7. The first-order chi connectivity index (χ1) is 13.6. The highest BCUT2D eigenvalue weighted by Crippen LogP contribution is 2.28. The summed E-state index contributed by atoms with van der Waals surface area (Å²) in [6.45, 7) is 8.95. The summed E-state index contributed by atoms with van der Waals surface area (Å²) in [5.41, 5.74) is 4.31. The minimum Gasteiger partial charge on any atom is -0.380 e. The number of ether oxygens (including phenoxy) is 1. The van der Waals surface area contributed by atoms with Crippen molar-refractivity contribution in [1.29, 1.82) is 0 Å². The highest BCUT2D eigenvalue weighted by molar-refractivity contribution is 5.95. The molecule has 0 N–H and O–H groups in total. The molecule has 28 heavy (non-hydrogen) atoms. The molecule has 0 unspecified atom stereocenters. The SMILES string of the molecule is Cc1ccc(C(=O)N2CC[C@@H]3[C@@H](COCCN3Cc3cccnc3)C2)c(C)c1. The standard InChI is InChI=1S/C23H29N3O2/c1-17-5-6-21(18(2)12-17)23(27)26-9-7-22-20(15-26)16-28-11-10-25(22)14-19-4-3-8-24-13-19/h3-6,8,12-13,20,22H,7,9-11,14-16H2,1-2H3/t20-,22-/m1/s1. The van der Waals surface area contributed by atoms with Gasteiger partial charge in [0.1, 0.15) is 0 Å². The van der Waals surface area contributed by atoms with Crippen LogP contribution in [0.5, 0.6) is 0 Å². The minimum atomic E-state index is 0.152. The van der Waals surface area contributed by atoms with E-state index in [4.69, 9.17) is 4.74 Å². The van der Waals surface area contributed by atoms with E-state index in [-0.39, 0.29) is 5.91 Å². The Bertz CT molecular complexity index is 824. The van der Waals surface area contributed by atoms with Crippen LogP contribution >= 0.6 is 0 Å². The van der Waals surface area contributed by atoms with Crippen molar-refractivity contribution >= 4 is 5.91 Å². The molecular weight excluding hydrogens is 350 g/mol. The molecule has 1 aromatic heterocycles. The van der Waals surface area contributed by atoms with E-state index in [9.17, 15) is 4.79 Å². The van der Waals surface area contributed by atoms with E-state index in [1.54, 1.807) is 0 Å². The van der Waals surface area contributed by atoms with Crippen LogP contribution in [0.2, 0.25) is 0 Å². The van der Waals surface area contributed by atoms with E-state index >= 15 is 0 Å². The van der Waals surface area contributed by atoms with Crippen LogP contribution in [0.4, 0.5) is 0 Å². The minimum absolute atomic E-state index is 0.152. The maximum atomic E-state index is 13.1. The molecule has 4 rings (SSSR count). The van der Waals surface area contributed by atoms with Gasteiger partial charge in [-0.25, -0.2) is 0 Å². The number of carbonyl (C=O) groups excluding carboxylic acids is 1. The smallest absolute Gasteiger partial charge is 0.254 e. The van der Waals surface area contributed by atoms with Gasteiger partial charge in [-0.2, -0.15) is 0 Å². The van der Waals surface area contributed by atoms with Crippen LogP contribution in [0.1, 0.15) is 33.5 Å². The van der Waals surface area contributed by atoms with Gasteiger partial charge in [0.05, 0.1) is 13.2 Å². The fourth-order valence-corrected chi connectivity index (χ4v) is 4.58. The molecule has 2 aliphatic rings. The van der Waals surface area contributed by atoms with Gasteiger partial charge >= 0.3 is 0 Å². The molecule has 0 bridgehead atoms. The number of fused-ring (bicyclic) bond motifs is 1. The second-order valence-corrected chi connectivity index (χ2v) is 8.09. The van der Waals surface area contributed by atoms with Crippen molar-refractivity contribution in [2.45, 2.75) is 32.9 Å². The van der Waals surface area contributed by atoms with Gasteiger partial charge in [0, 0.05) is 56.1 Å². The summed E-state index contributed by atoms with van der Waals surface area (Å²) < 4.78 is 5.91. The van der Waals surface area contributed by atoms with Crippen molar-refractivity contribution in [3.05, 3.63) is 65.0 Å². The van der Waals surface area contributed by atoms with E-state index in [0.717, 1.165) is 56.9 Å². The van der Waals surface area contributed by atoms with E-state index in [1.807, 2.05) is 42.4 Å². The zero-order chi connectivity index (χ0) is 19.5. The molecule has 2 aliphatic heterocycles. The molecule has 3 heterocycles. The molecule has 1 amide bonds. The Morgan fingerprint density at radius 3 is 2.93 bits per heavy atom. The van der Waals surface area contributed by atoms with Crippen LogP contribution in [0.15, 0.2) is 42.7 Å². The van der Waals surface area contributed by atoms with Crippen molar-refractivity contribution < 1.29 is 9.53 Å². The molecule has 5 nitrogen and oxygen atoms in total. The first kappa shape index (κ1) is 19.1. The maximum absolute atomic E-state index is 13.1.